The van der Waals surface area contributed by atoms with Crippen molar-refractivity contribution in [2.75, 3.05) is 47.5 Å². The van der Waals surface area contributed by atoms with Crippen LogP contribution in [0, 0.1) is 0 Å². The highest BCUT2D eigenvalue weighted by atomic mass is 31.2. The molecule has 0 rings (SSSR count). The molecule has 0 saturated carbocycles. The third-order valence-corrected chi connectivity index (χ3v) is 11.7. The predicted octanol–water partition coefficient (Wildman–Crippen LogP) is 15.4. The van der Waals surface area contributed by atoms with Crippen LogP contribution >= 0.6 is 7.82 Å². The van der Waals surface area contributed by atoms with Crippen molar-refractivity contribution in [1.29, 1.82) is 0 Å². The van der Waals surface area contributed by atoms with Gasteiger partial charge in [-0.15, -0.1) is 0 Å². The lowest BCUT2D eigenvalue weighted by atomic mass is 10.0. The molecule has 0 heterocycles. The molecule has 0 radical (unpaired) electrons. The van der Waals surface area contributed by atoms with E-state index in [2.05, 4.69) is 86.8 Å². The number of esters is 2. The van der Waals surface area contributed by atoms with Crippen LogP contribution in [-0.4, -0.2) is 74.9 Å². The van der Waals surface area contributed by atoms with Gasteiger partial charge in [-0.2, -0.15) is 0 Å². The van der Waals surface area contributed by atoms with E-state index in [1.165, 1.54) is 89.9 Å². The molecule has 10 heteroatoms. The topological polar surface area (TPSA) is 108 Å². The number of unbranched alkanes of at least 4 members (excludes halogenated alkanes) is 20. The molecule has 0 bridgehead atoms. The Bertz CT molecular complexity index is 1310. The summed E-state index contributed by atoms with van der Waals surface area (Å²) in [5.74, 6) is -0.825. The lowest BCUT2D eigenvalue weighted by Gasteiger charge is -2.24. The molecular weight excluding hydrogens is 822 g/mol. The second kappa shape index (κ2) is 45.6. The molecule has 64 heavy (non-hydrogen) atoms. The number of allylic oxidation sites excluding steroid dienone is 12. The van der Waals surface area contributed by atoms with Gasteiger partial charge in [0, 0.05) is 12.8 Å². The number of carbonyl (C=O) groups is 2. The van der Waals surface area contributed by atoms with Gasteiger partial charge in [-0.25, -0.2) is 4.57 Å². The molecule has 0 aliphatic heterocycles. The average molecular weight is 919 g/mol. The molecule has 0 amide bonds. The zero-order chi connectivity index (χ0) is 47.1. The molecule has 0 saturated heterocycles. The summed E-state index contributed by atoms with van der Waals surface area (Å²) >= 11 is 0. The molecule has 2 atom stereocenters. The quantitative estimate of drug-likeness (QED) is 0.0211. The molecule has 0 aliphatic rings. The normalized spacial score (nSPS) is 14.0. The van der Waals surface area contributed by atoms with Crippen LogP contribution in [0.15, 0.2) is 72.9 Å². The van der Waals surface area contributed by atoms with Crippen LogP contribution in [0.1, 0.15) is 206 Å². The first kappa shape index (κ1) is 61.5. The molecule has 370 valence electrons. The summed E-state index contributed by atoms with van der Waals surface area (Å²) in [5, 5.41) is 0. The summed E-state index contributed by atoms with van der Waals surface area (Å²) in [6, 6.07) is 0. The van der Waals surface area contributed by atoms with E-state index in [0.29, 0.717) is 17.4 Å². The number of nitrogens with zero attached hydrogens (tertiary/aromatic N) is 1. The Morgan fingerprint density at radius 2 is 0.891 bits per heavy atom. The minimum absolute atomic E-state index is 0.0240. The van der Waals surface area contributed by atoms with Crippen LogP contribution < -0.4 is 0 Å². The fraction of sp³-hybridized carbons (Fsp3) is 0.741. The van der Waals surface area contributed by atoms with Crippen molar-refractivity contribution >= 4 is 19.8 Å². The second-order valence-electron chi connectivity index (χ2n) is 18.2. The summed E-state index contributed by atoms with van der Waals surface area (Å²) in [7, 11) is 1.45. The number of rotatable bonds is 46. The van der Waals surface area contributed by atoms with E-state index in [-0.39, 0.29) is 32.0 Å². The number of likely N-dealkylation sites (N-methyl/N-ethyl adjacent to an activating group) is 1. The minimum atomic E-state index is -4.39. The van der Waals surface area contributed by atoms with Crippen LogP contribution in [0.25, 0.3) is 0 Å². The SMILES string of the molecule is CC/C=C\C/C=C\C/C=C\C/C=C\C/C=C\C/C=C\CCCCCCC(=O)OC(COC(=O)CCCCCCCCCCCCCCCCCCC)COP(=O)(O)OCC[N+](C)(C)C. The monoisotopic (exact) mass is 919 g/mol. The smallest absolute Gasteiger partial charge is 0.462 e. The van der Waals surface area contributed by atoms with E-state index in [1.807, 2.05) is 21.1 Å². The Balaban J connectivity index is 4.33. The van der Waals surface area contributed by atoms with Crippen molar-refractivity contribution in [3.05, 3.63) is 72.9 Å². The summed E-state index contributed by atoms with van der Waals surface area (Å²) in [6.45, 7) is 4.29. The molecule has 9 nitrogen and oxygen atoms in total. The van der Waals surface area contributed by atoms with Crippen molar-refractivity contribution in [2.45, 2.75) is 213 Å². The fourth-order valence-corrected chi connectivity index (χ4v) is 7.52. The molecule has 0 spiro atoms. The van der Waals surface area contributed by atoms with Gasteiger partial charge in [0.05, 0.1) is 27.7 Å². The zero-order valence-electron chi connectivity index (χ0n) is 41.7. The first-order valence-electron chi connectivity index (χ1n) is 25.7. The van der Waals surface area contributed by atoms with E-state index in [9.17, 15) is 19.0 Å². The second-order valence-corrected chi connectivity index (χ2v) is 19.6. The maximum absolute atomic E-state index is 12.8. The van der Waals surface area contributed by atoms with Crippen LogP contribution in [0.3, 0.4) is 0 Å². The highest BCUT2D eigenvalue weighted by molar-refractivity contribution is 7.47. The first-order valence-corrected chi connectivity index (χ1v) is 27.2. The van der Waals surface area contributed by atoms with Gasteiger partial charge in [0.15, 0.2) is 6.10 Å². The molecule has 0 aliphatic carbocycles. The lowest BCUT2D eigenvalue weighted by Crippen LogP contribution is -2.37. The lowest BCUT2D eigenvalue weighted by molar-refractivity contribution is -0.870. The van der Waals surface area contributed by atoms with Gasteiger partial charge in [0.25, 0.3) is 0 Å². The Hall–Kier alpha value is -2.55. The molecule has 2 unspecified atom stereocenters. The molecule has 0 aromatic carbocycles. The van der Waals surface area contributed by atoms with Crippen LogP contribution in [0.4, 0.5) is 0 Å². The van der Waals surface area contributed by atoms with Gasteiger partial charge in [-0.05, 0) is 64.2 Å². The van der Waals surface area contributed by atoms with Crippen molar-refractivity contribution < 1.29 is 42.1 Å². The van der Waals surface area contributed by atoms with Crippen LogP contribution in [-0.2, 0) is 32.7 Å². The Morgan fingerprint density at radius 1 is 0.500 bits per heavy atom. The van der Waals surface area contributed by atoms with Gasteiger partial charge >= 0.3 is 19.8 Å². The van der Waals surface area contributed by atoms with E-state index in [0.717, 1.165) is 83.5 Å². The highest BCUT2D eigenvalue weighted by Gasteiger charge is 2.27. The number of hydrogen-bond acceptors (Lipinski definition) is 7. The summed E-state index contributed by atoms with van der Waals surface area (Å²) in [6.07, 6.45) is 58.1. The number of phosphoric ester groups is 1. The van der Waals surface area contributed by atoms with Gasteiger partial charge in [0.1, 0.15) is 19.8 Å². The number of ether oxygens (including phenoxy) is 2. The predicted molar refractivity (Wildman–Crippen MR) is 270 cm³/mol. The van der Waals surface area contributed by atoms with Gasteiger partial charge in [0.2, 0.25) is 0 Å². The van der Waals surface area contributed by atoms with E-state index < -0.39 is 26.5 Å². The first-order chi connectivity index (χ1) is 31.0. The van der Waals surface area contributed by atoms with Crippen molar-refractivity contribution in [1.82, 2.24) is 0 Å². The molecule has 0 aromatic rings. The summed E-state index contributed by atoms with van der Waals surface area (Å²) in [5.41, 5.74) is 0. The van der Waals surface area contributed by atoms with Gasteiger partial charge < -0.3 is 18.9 Å². The standard InChI is InChI=1S/C54H96NO8P/c1-6-8-10-12-14-16-18-20-22-24-25-26-27-28-29-31-33-35-37-39-41-43-45-47-54(57)63-52(51-62-64(58,59)61-49-48-55(3,4)5)50-60-53(56)46-44-42-40-38-36-34-32-30-23-21-19-17-15-13-11-9-7-2/h8,10,14,16,20,22,25-26,28-29,33,35,52H,6-7,9,11-13,15,17-19,21,23-24,27,30-32,34,36-51H2,1-5H3/p+1/b10-8-,16-14-,22-20-,26-25-,29-28-,35-33-. The molecule has 0 aromatic heterocycles. The highest BCUT2D eigenvalue weighted by Crippen LogP contribution is 2.43. The number of hydrogen-bond donors (Lipinski definition) is 1. The van der Waals surface area contributed by atoms with Gasteiger partial charge in [-0.1, -0.05) is 202 Å². The third-order valence-electron chi connectivity index (χ3n) is 10.8. The van der Waals surface area contributed by atoms with E-state index in [4.69, 9.17) is 18.5 Å². The Kier molecular flexibility index (Phi) is 43.8. The van der Waals surface area contributed by atoms with Gasteiger partial charge in [-0.3, -0.25) is 18.6 Å². The fourth-order valence-electron chi connectivity index (χ4n) is 6.78. The maximum atomic E-state index is 12.8. The molecular formula is C54H97NO8P+. The largest absolute Gasteiger partial charge is 0.472 e. The summed E-state index contributed by atoms with van der Waals surface area (Å²) < 4.78 is 34.4. The van der Waals surface area contributed by atoms with E-state index >= 15 is 0 Å². The number of carbonyl (C=O) groups excluding carboxylic acids is 2. The third kappa shape index (κ3) is 48.9. The Morgan fingerprint density at radius 3 is 1.33 bits per heavy atom. The Labute approximate surface area is 393 Å². The van der Waals surface area contributed by atoms with Crippen LogP contribution in [0.5, 0.6) is 0 Å². The maximum Gasteiger partial charge on any atom is 0.472 e. The van der Waals surface area contributed by atoms with Crippen LogP contribution in [0.2, 0.25) is 0 Å². The van der Waals surface area contributed by atoms with Crippen molar-refractivity contribution in [2.24, 2.45) is 0 Å². The number of quaternary nitrogens is 1. The minimum Gasteiger partial charge on any atom is -0.462 e. The summed E-state index contributed by atoms with van der Waals surface area (Å²) in [4.78, 5) is 35.5. The van der Waals surface area contributed by atoms with Crippen molar-refractivity contribution in [3.63, 3.8) is 0 Å². The number of phosphoric acid groups is 1. The zero-order valence-corrected chi connectivity index (χ0v) is 42.6. The van der Waals surface area contributed by atoms with E-state index in [1.54, 1.807) is 0 Å². The molecule has 1 N–H and O–H groups in total. The molecule has 0 fully saturated rings. The van der Waals surface area contributed by atoms with Crippen molar-refractivity contribution in [3.8, 4) is 0 Å². The average Bonchev–Trinajstić information content (AvgIpc) is 3.25.